The molecule has 0 saturated heterocycles. The molecule has 0 amide bonds. The Labute approximate surface area is 124 Å². The highest BCUT2D eigenvalue weighted by molar-refractivity contribution is 5.34. The summed E-state index contributed by atoms with van der Waals surface area (Å²) in [6.45, 7) is 1.71. The molecule has 1 unspecified atom stereocenters. The molecule has 112 valence electrons. The van der Waals surface area contributed by atoms with Crippen LogP contribution in [0.5, 0.6) is 11.5 Å². The maximum absolute atomic E-state index is 13.7. The minimum atomic E-state index is -1.09. The highest BCUT2D eigenvalue weighted by Gasteiger charge is 2.24. The molecule has 1 atom stereocenters. The number of rotatable bonds is 5. The molecule has 4 heteroatoms. The summed E-state index contributed by atoms with van der Waals surface area (Å²) in [6.07, 6.45) is 0.306. The van der Waals surface area contributed by atoms with Gasteiger partial charge in [-0.2, -0.15) is 0 Å². The SMILES string of the molecule is COc1ccc(C(C)(O)Cc2ccc(OC)c(F)c2)cc1. The van der Waals surface area contributed by atoms with Crippen molar-refractivity contribution < 1.29 is 19.0 Å². The molecule has 0 bridgehead atoms. The number of ether oxygens (including phenoxy) is 2. The Bertz CT molecular complexity index is 606. The summed E-state index contributed by atoms with van der Waals surface area (Å²) in [4.78, 5) is 0. The third kappa shape index (κ3) is 3.52. The van der Waals surface area contributed by atoms with Crippen LogP contribution in [-0.2, 0) is 12.0 Å². The molecule has 0 spiro atoms. The predicted molar refractivity (Wildman–Crippen MR) is 79.2 cm³/mol. The van der Waals surface area contributed by atoms with Crippen molar-refractivity contribution in [3.8, 4) is 11.5 Å². The Hall–Kier alpha value is -2.07. The van der Waals surface area contributed by atoms with Crippen LogP contribution in [0.4, 0.5) is 4.39 Å². The first-order valence-electron chi connectivity index (χ1n) is 6.65. The molecule has 0 aliphatic heterocycles. The minimum absolute atomic E-state index is 0.197. The van der Waals surface area contributed by atoms with Gasteiger partial charge in [0.05, 0.1) is 19.8 Å². The second-order valence-electron chi connectivity index (χ2n) is 5.15. The van der Waals surface area contributed by atoms with Gasteiger partial charge in [-0.05, 0) is 42.3 Å². The van der Waals surface area contributed by atoms with Gasteiger partial charge in [-0.1, -0.05) is 18.2 Å². The summed E-state index contributed by atoms with van der Waals surface area (Å²) in [6, 6.07) is 11.9. The van der Waals surface area contributed by atoms with Crippen LogP contribution in [0.15, 0.2) is 42.5 Å². The number of hydrogen-bond donors (Lipinski definition) is 1. The quantitative estimate of drug-likeness (QED) is 0.918. The lowest BCUT2D eigenvalue weighted by molar-refractivity contribution is 0.0575. The monoisotopic (exact) mass is 290 g/mol. The lowest BCUT2D eigenvalue weighted by Crippen LogP contribution is -2.24. The van der Waals surface area contributed by atoms with Gasteiger partial charge in [-0.3, -0.25) is 0 Å². The summed E-state index contributed by atoms with van der Waals surface area (Å²) < 4.78 is 23.7. The fraction of sp³-hybridized carbons (Fsp3) is 0.294. The van der Waals surface area contributed by atoms with Crippen molar-refractivity contribution in [1.82, 2.24) is 0 Å². The summed E-state index contributed by atoms with van der Waals surface area (Å²) >= 11 is 0. The molecule has 0 heterocycles. The van der Waals surface area contributed by atoms with Gasteiger partial charge in [0.15, 0.2) is 11.6 Å². The first-order valence-corrected chi connectivity index (χ1v) is 6.65. The van der Waals surface area contributed by atoms with Crippen LogP contribution < -0.4 is 9.47 Å². The Morgan fingerprint density at radius 3 is 2.24 bits per heavy atom. The molecular formula is C17H19FO3. The maximum Gasteiger partial charge on any atom is 0.165 e. The van der Waals surface area contributed by atoms with Gasteiger partial charge >= 0.3 is 0 Å². The number of benzene rings is 2. The maximum atomic E-state index is 13.7. The summed E-state index contributed by atoms with van der Waals surface area (Å²) in [5.41, 5.74) is 0.362. The largest absolute Gasteiger partial charge is 0.497 e. The third-order valence-electron chi connectivity index (χ3n) is 3.48. The molecular weight excluding hydrogens is 271 g/mol. The van der Waals surface area contributed by atoms with E-state index in [1.54, 1.807) is 50.4 Å². The average Bonchev–Trinajstić information content (AvgIpc) is 2.47. The van der Waals surface area contributed by atoms with Crippen molar-refractivity contribution in [3.05, 3.63) is 59.4 Å². The summed E-state index contributed by atoms with van der Waals surface area (Å²) in [5.74, 6) is 0.494. The number of hydrogen-bond acceptors (Lipinski definition) is 3. The van der Waals surface area contributed by atoms with Crippen LogP contribution >= 0.6 is 0 Å². The average molecular weight is 290 g/mol. The van der Waals surface area contributed by atoms with Gasteiger partial charge in [-0.25, -0.2) is 4.39 Å². The van der Waals surface area contributed by atoms with E-state index in [-0.39, 0.29) is 5.75 Å². The highest BCUT2D eigenvalue weighted by atomic mass is 19.1. The number of aliphatic hydroxyl groups is 1. The Balaban J connectivity index is 2.21. The standard InChI is InChI=1S/C17H19FO3/c1-17(19,13-5-7-14(20-2)8-6-13)11-12-4-9-16(21-3)15(18)10-12/h4-10,19H,11H2,1-3H3. The minimum Gasteiger partial charge on any atom is -0.497 e. The van der Waals surface area contributed by atoms with Gasteiger partial charge in [-0.15, -0.1) is 0 Å². The zero-order valence-corrected chi connectivity index (χ0v) is 12.4. The van der Waals surface area contributed by atoms with Crippen LogP contribution in [0.25, 0.3) is 0 Å². The van der Waals surface area contributed by atoms with Crippen LogP contribution in [0.2, 0.25) is 0 Å². The van der Waals surface area contributed by atoms with Gasteiger partial charge < -0.3 is 14.6 Å². The van der Waals surface area contributed by atoms with Crippen LogP contribution in [0.1, 0.15) is 18.1 Å². The normalized spacial score (nSPS) is 13.6. The van der Waals surface area contributed by atoms with E-state index in [0.29, 0.717) is 12.0 Å². The molecule has 0 aromatic heterocycles. The molecule has 2 aromatic carbocycles. The first-order chi connectivity index (χ1) is 9.96. The molecule has 0 radical (unpaired) electrons. The van der Waals surface area contributed by atoms with Crippen molar-refractivity contribution >= 4 is 0 Å². The van der Waals surface area contributed by atoms with E-state index in [0.717, 1.165) is 11.3 Å². The molecule has 21 heavy (non-hydrogen) atoms. The smallest absolute Gasteiger partial charge is 0.165 e. The predicted octanol–water partition coefficient (Wildman–Crippen LogP) is 3.29. The van der Waals surface area contributed by atoms with Crippen molar-refractivity contribution in [2.24, 2.45) is 0 Å². The second kappa shape index (κ2) is 6.14. The van der Waals surface area contributed by atoms with Gasteiger partial charge in [0.2, 0.25) is 0 Å². The lowest BCUT2D eigenvalue weighted by atomic mass is 9.89. The van der Waals surface area contributed by atoms with Crippen LogP contribution in [0, 0.1) is 5.82 Å². The van der Waals surface area contributed by atoms with Crippen molar-refractivity contribution in [1.29, 1.82) is 0 Å². The topological polar surface area (TPSA) is 38.7 Å². The number of methoxy groups -OCH3 is 2. The Morgan fingerprint density at radius 2 is 1.71 bits per heavy atom. The van der Waals surface area contributed by atoms with E-state index in [9.17, 15) is 9.50 Å². The fourth-order valence-electron chi connectivity index (χ4n) is 2.27. The zero-order valence-electron chi connectivity index (χ0n) is 12.4. The van der Waals surface area contributed by atoms with E-state index < -0.39 is 11.4 Å². The fourth-order valence-corrected chi connectivity index (χ4v) is 2.27. The van der Waals surface area contributed by atoms with E-state index in [1.165, 1.54) is 13.2 Å². The first kappa shape index (κ1) is 15.3. The highest BCUT2D eigenvalue weighted by Crippen LogP contribution is 2.28. The Kier molecular flexibility index (Phi) is 4.48. The van der Waals surface area contributed by atoms with Gasteiger partial charge in [0, 0.05) is 6.42 Å². The molecule has 0 fully saturated rings. The molecule has 0 aliphatic carbocycles. The van der Waals surface area contributed by atoms with E-state index >= 15 is 0 Å². The van der Waals surface area contributed by atoms with E-state index in [4.69, 9.17) is 9.47 Å². The van der Waals surface area contributed by atoms with E-state index in [1.807, 2.05) is 0 Å². The second-order valence-corrected chi connectivity index (χ2v) is 5.15. The molecule has 1 N–H and O–H groups in total. The van der Waals surface area contributed by atoms with Crippen molar-refractivity contribution in [2.45, 2.75) is 18.9 Å². The van der Waals surface area contributed by atoms with Crippen LogP contribution in [0.3, 0.4) is 0 Å². The van der Waals surface area contributed by atoms with Gasteiger partial charge in [0.25, 0.3) is 0 Å². The molecule has 2 rings (SSSR count). The van der Waals surface area contributed by atoms with Crippen molar-refractivity contribution in [2.75, 3.05) is 14.2 Å². The van der Waals surface area contributed by atoms with Gasteiger partial charge in [0.1, 0.15) is 5.75 Å². The Morgan fingerprint density at radius 1 is 1.05 bits per heavy atom. The summed E-state index contributed by atoms with van der Waals surface area (Å²) in [7, 11) is 3.01. The third-order valence-corrected chi connectivity index (χ3v) is 3.48. The molecule has 3 nitrogen and oxygen atoms in total. The zero-order chi connectivity index (χ0) is 15.5. The lowest BCUT2D eigenvalue weighted by Gasteiger charge is -2.24. The molecule has 2 aromatic rings. The van der Waals surface area contributed by atoms with Crippen molar-refractivity contribution in [3.63, 3.8) is 0 Å². The van der Waals surface area contributed by atoms with E-state index in [2.05, 4.69) is 0 Å². The van der Waals surface area contributed by atoms with Crippen LogP contribution in [-0.4, -0.2) is 19.3 Å². The summed E-state index contributed by atoms with van der Waals surface area (Å²) in [5, 5.41) is 10.6. The molecule has 0 saturated carbocycles. The molecule has 0 aliphatic rings. The number of halogens is 1.